The highest BCUT2D eigenvalue weighted by Gasteiger charge is 2.32. The Morgan fingerprint density at radius 2 is 1.93 bits per heavy atom. The number of nitrogens with zero attached hydrogens (tertiary/aromatic N) is 3. The molecular formula is C18H21F3N4O2. The van der Waals surface area contributed by atoms with Gasteiger partial charge in [0, 0.05) is 38.9 Å². The summed E-state index contributed by atoms with van der Waals surface area (Å²) in [6, 6.07) is 6.25. The number of hydrogen-bond donors (Lipinski definition) is 1. The fraction of sp³-hybridized carbons (Fsp3) is 0.444. The predicted octanol–water partition coefficient (Wildman–Crippen LogP) is 2.13. The van der Waals surface area contributed by atoms with Crippen molar-refractivity contribution < 1.29 is 22.4 Å². The molecule has 0 spiro atoms. The normalized spacial score (nSPS) is 16.4. The minimum atomic E-state index is -4.43. The van der Waals surface area contributed by atoms with E-state index in [9.17, 15) is 18.0 Å². The third-order valence-electron chi connectivity index (χ3n) is 4.39. The van der Waals surface area contributed by atoms with E-state index in [-0.39, 0.29) is 5.91 Å². The zero-order valence-corrected chi connectivity index (χ0v) is 14.7. The third-order valence-corrected chi connectivity index (χ3v) is 4.39. The van der Waals surface area contributed by atoms with E-state index in [0.717, 1.165) is 6.07 Å². The Morgan fingerprint density at radius 1 is 1.19 bits per heavy atom. The van der Waals surface area contributed by atoms with Crippen LogP contribution < -0.4 is 5.32 Å². The number of alkyl halides is 3. The Balaban J connectivity index is 1.42. The smallest absolute Gasteiger partial charge is 0.433 e. The molecule has 27 heavy (non-hydrogen) atoms. The Morgan fingerprint density at radius 3 is 2.59 bits per heavy atom. The Bertz CT molecular complexity index is 741. The lowest BCUT2D eigenvalue weighted by atomic mass is 10.2. The molecule has 0 radical (unpaired) electrons. The van der Waals surface area contributed by atoms with Gasteiger partial charge in [0.25, 0.3) is 0 Å². The van der Waals surface area contributed by atoms with Crippen LogP contribution in [0, 0.1) is 0 Å². The zero-order valence-electron chi connectivity index (χ0n) is 14.7. The molecule has 1 N–H and O–H groups in total. The number of pyridine rings is 1. The maximum Gasteiger partial charge on any atom is 0.433 e. The maximum absolute atomic E-state index is 12.7. The molecule has 0 unspecified atom stereocenters. The number of rotatable bonds is 6. The van der Waals surface area contributed by atoms with Crippen molar-refractivity contribution in [3.05, 3.63) is 53.7 Å². The first kappa shape index (κ1) is 19.4. The molecule has 1 aliphatic rings. The summed E-state index contributed by atoms with van der Waals surface area (Å²) in [5, 5.41) is 2.80. The van der Waals surface area contributed by atoms with Crippen LogP contribution in [0.25, 0.3) is 0 Å². The number of aromatic nitrogens is 1. The van der Waals surface area contributed by atoms with Crippen LogP contribution in [0.1, 0.15) is 17.0 Å². The van der Waals surface area contributed by atoms with Gasteiger partial charge < -0.3 is 9.73 Å². The lowest BCUT2D eigenvalue weighted by molar-refractivity contribution is -0.141. The molecule has 6 nitrogen and oxygen atoms in total. The number of amides is 1. The van der Waals surface area contributed by atoms with Crippen molar-refractivity contribution in [1.29, 1.82) is 0 Å². The van der Waals surface area contributed by atoms with E-state index >= 15 is 0 Å². The molecule has 0 aromatic carbocycles. The molecule has 9 heteroatoms. The van der Waals surface area contributed by atoms with Crippen molar-refractivity contribution in [2.45, 2.75) is 19.3 Å². The second-order valence-electron chi connectivity index (χ2n) is 6.46. The lowest BCUT2D eigenvalue weighted by Gasteiger charge is -2.34. The number of carbonyl (C=O) groups excluding carboxylic acids is 1. The van der Waals surface area contributed by atoms with Crippen LogP contribution in [0.15, 0.2) is 41.1 Å². The molecule has 1 saturated heterocycles. The SMILES string of the molecule is O=C(CN1CCN(Cc2ccnc(C(F)(F)F)c2)CC1)NCc1ccco1. The first-order valence-corrected chi connectivity index (χ1v) is 8.66. The van der Waals surface area contributed by atoms with Crippen LogP contribution in [-0.2, 0) is 24.1 Å². The van der Waals surface area contributed by atoms with Crippen molar-refractivity contribution in [3.63, 3.8) is 0 Å². The van der Waals surface area contributed by atoms with E-state index < -0.39 is 11.9 Å². The second-order valence-corrected chi connectivity index (χ2v) is 6.46. The predicted molar refractivity (Wildman–Crippen MR) is 91.5 cm³/mol. The Kier molecular flexibility index (Phi) is 6.12. The molecule has 2 aromatic rings. The first-order chi connectivity index (χ1) is 12.9. The summed E-state index contributed by atoms with van der Waals surface area (Å²) in [5.41, 5.74) is -0.283. The average Bonchev–Trinajstić information content (AvgIpc) is 3.15. The van der Waals surface area contributed by atoms with Crippen molar-refractivity contribution >= 4 is 5.91 Å². The number of halogens is 3. The Hall–Kier alpha value is -2.39. The molecule has 0 bridgehead atoms. The largest absolute Gasteiger partial charge is 0.467 e. The molecule has 0 saturated carbocycles. The van der Waals surface area contributed by atoms with Crippen LogP contribution in [-0.4, -0.2) is 53.4 Å². The molecule has 1 aliphatic heterocycles. The van der Waals surface area contributed by atoms with E-state index in [4.69, 9.17) is 4.42 Å². The van der Waals surface area contributed by atoms with E-state index in [1.165, 1.54) is 6.20 Å². The summed E-state index contributed by atoms with van der Waals surface area (Å²) in [6.45, 7) is 3.84. The molecule has 3 rings (SSSR count). The van der Waals surface area contributed by atoms with Crippen LogP contribution in [0.3, 0.4) is 0 Å². The highest BCUT2D eigenvalue weighted by molar-refractivity contribution is 5.77. The quantitative estimate of drug-likeness (QED) is 0.829. The summed E-state index contributed by atoms with van der Waals surface area (Å²) in [7, 11) is 0. The molecule has 3 heterocycles. The Labute approximate surface area is 155 Å². The van der Waals surface area contributed by atoms with Gasteiger partial charge in [-0.1, -0.05) is 0 Å². The standard InChI is InChI=1S/C18H21F3N4O2/c19-18(20,21)16-10-14(3-4-22-16)12-24-5-7-25(8-6-24)13-17(26)23-11-15-2-1-9-27-15/h1-4,9-10H,5-8,11-13H2,(H,23,26). The first-order valence-electron chi connectivity index (χ1n) is 8.66. The molecular weight excluding hydrogens is 361 g/mol. The van der Waals surface area contributed by atoms with E-state index in [1.807, 2.05) is 4.90 Å². The van der Waals surface area contributed by atoms with Gasteiger partial charge in [0.15, 0.2) is 0 Å². The fourth-order valence-electron chi connectivity index (χ4n) is 2.95. The minimum Gasteiger partial charge on any atom is -0.467 e. The minimum absolute atomic E-state index is 0.0798. The number of hydrogen-bond acceptors (Lipinski definition) is 5. The van der Waals surface area contributed by atoms with Crippen LogP contribution in [0.5, 0.6) is 0 Å². The maximum atomic E-state index is 12.7. The molecule has 1 amide bonds. The molecule has 0 atom stereocenters. The van der Waals surface area contributed by atoms with E-state index in [2.05, 4.69) is 15.2 Å². The van der Waals surface area contributed by atoms with Crippen molar-refractivity contribution in [2.75, 3.05) is 32.7 Å². The number of nitrogens with one attached hydrogen (secondary N) is 1. The summed E-state index contributed by atoms with van der Waals surface area (Å²) in [6.07, 6.45) is -1.68. The molecule has 1 fully saturated rings. The van der Waals surface area contributed by atoms with Crippen LogP contribution >= 0.6 is 0 Å². The number of carbonyl (C=O) groups is 1. The van der Waals surface area contributed by atoms with Crippen molar-refractivity contribution in [1.82, 2.24) is 20.1 Å². The van der Waals surface area contributed by atoms with E-state index in [0.29, 0.717) is 57.1 Å². The van der Waals surface area contributed by atoms with Gasteiger partial charge in [-0.15, -0.1) is 0 Å². The van der Waals surface area contributed by atoms with Gasteiger partial charge >= 0.3 is 6.18 Å². The van der Waals surface area contributed by atoms with Gasteiger partial charge in [0.2, 0.25) is 5.91 Å². The number of furan rings is 1. The summed E-state index contributed by atoms with van der Waals surface area (Å²) >= 11 is 0. The monoisotopic (exact) mass is 382 g/mol. The second kappa shape index (κ2) is 8.53. The van der Waals surface area contributed by atoms with Gasteiger partial charge in [-0.3, -0.25) is 19.6 Å². The van der Waals surface area contributed by atoms with Crippen molar-refractivity contribution in [2.24, 2.45) is 0 Å². The van der Waals surface area contributed by atoms with Crippen LogP contribution in [0.4, 0.5) is 13.2 Å². The van der Waals surface area contributed by atoms with Gasteiger partial charge in [-0.25, -0.2) is 0 Å². The lowest BCUT2D eigenvalue weighted by Crippen LogP contribution is -2.49. The third kappa shape index (κ3) is 5.80. The highest BCUT2D eigenvalue weighted by atomic mass is 19.4. The zero-order chi connectivity index (χ0) is 19.3. The molecule has 146 valence electrons. The summed E-state index contributed by atoms with van der Waals surface area (Å²) in [4.78, 5) is 19.5. The van der Waals surface area contributed by atoms with Crippen molar-refractivity contribution in [3.8, 4) is 0 Å². The highest BCUT2D eigenvalue weighted by Crippen LogP contribution is 2.28. The van der Waals surface area contributed by atoms with Gasteiger partial charge in [0.05, 0.1) is 19.4 Å². The fourth-order valence-corrected chi connectivity index (χ4v) is 2.95. The molecule has 2 aromatic heterocycles. The van der Waals surface area contributed by atoms with Gasteiger partial charge in [-0.05, 0) is 29.8 Å². The topological polar surface area (TPSA) is 61.6 Å². The average molecular weight is 382 g/mol. The summed E-state index contributed by atoms with van der Waals surface area (Å²) in [5.74, 6) is 0.618. The van der Waals surface area contributed by atoms with Gasteiger partial charge in [-0.2, -0.15) is 13.2 Å². The molecule has 0 aliphatic carbocycles. The summed E-state index contributed by atoms with van der Waals surface area (Å²) < 4.78 is 43.4. The van der Waals surface area contributed by atoms with E-state index in [1.54, 1.807) is 24.5 Å². The number of piperazine rings is 1. The van der Waals surface area contributed by atoms with Gasteiger partial charge in [0.1, 0.15) is 11.5 Å². The van der Waals surface area contributed by atoms with Crippen LogP contribution in [0.2, 0.25) is 0 Å².